The molecule has 0 saturated heterocycles. The minimum atomic E-state index is -4.37. The minimum absolute atomic E-state index is 0.0560. The van der Waals surface area contributed by atoms with Gasteiger partial charge in [0.25, 0.3) is 0 Å². The molecule has 0 radical (unpaired) electrons. The van der Waals surface area contributed by atoms with E-state index in [4.69, 9.17) is 0 Å². The Hall–Kier alpha value is -1.11. The molecule has 3 nitrogen and oxygen atoms in total. The number of anilines is 2. The molecule has 0 spiro atoms. The summed E-state index contributed by atoms with van der Waals surface area (Å²) in [6.45, 7) is 4.24. The summed E-state index contributed by atoms with van der Waals surface area (Å²) in [7, 11) is 0. The van der Waals surface area contributed by atoms with E-state index in [1.807, 2.05) is 20.1 Å². The minimum Gasteiger partial charge on any atom is -0.370 e. The van der Waals surface area contributed by atoms with Crippen molar-refractivity contribution in [2.24, 2.45) is 0 Å². The van der Waals surface area contributed by atoms with E-state index in [-0.39, 0.29) is 17.7 Å². The molecule has 19 heavy (non-hydrogen) atoms. The summed E-state index contributed by atoms with van der Waals surface area (Å²) in [5, 5.41) is 5.79. The summed E-state index contributed by atoms with van der Waals surface area (Å²) in [6, 6.07) is 2.12. The number of thioether (sulfide) groups is 1. The van der Waals surface area contributed by atoms with Gasteiger partial charge in [-0.2, -0.15) is 24.9 Å². The van der Waals surface area contributed by atoms with E-state index in [2.05, 4.69) is 15.6 Å². The topological polar surface area (TPSA) is 37.0 Å². The second-order valence-electron chi connectivity index (χ2n) is 4.16. The Bertz CT molecular complexity index is 410. The number of hydrogen-bond acceptors (Lipinski definition) is 4. The summed E-state index contributed by atoms with van der Waals surface area (Å²) in [6.07, 6.45) is -2.42. The van der Waals surface area contributed by atoms with E-state index in [0.717, 1.165) is 17.9 Å². The molecule has 1 unspecified atom stereocenters. The maximum Gasteiger partial charge on any atom is 0.416 e. The molecule has 1 rings (SSSR count). The number of alkyl halides is 3. The molecular formula is C12H18F3N3S. The second kappa shape index (κ2) is 6.88. The van der Waals surface area contributed by atoms with Crippen LogP contribution in [0.5, 0.6) is 0 Å². The maximum atomic E-state index is 12.8. The number of pyridine rings is 1. The van der Waals surface area contributed by atoms with Crippen LogP contribution in [0.25, 0.3) is 0 Å². The Balaban J connectivity index is 2.99. The monoisotopic (exact) mass is 293 g/mol. The molecule has 108 valence electrons. The van der Waals surface area contributed by atoms with Crippen molar-refractivity contribution in [2.75, 3.05) is 29.2 Å². The van der Waals surface area contributed by atoms with Gasteiger partial charge in [0.05, 0.1) is 5.56 Å². The summed E-state index contributed by atoms with van der Waals surface area (Å²) < 4.78 is 38.4. The molecule has 1 aromatic rings. The van der Waals surface area contributed by atoms with Crippen LogP contribution >= 0.6 is 11.8 Å². The quantitative estimate of drug-likeness (QED) is 0.838. The molecule has 0 amide bonds. The molecule has 7 heteroatoms. The van der Waals surface area contributed by atoms with Crippen LogP contribution in [-0.4, -0.2) is 29.6 Å². The van der Waals surface area contributed by atoms with Crippen molar-refractivity contribution in [1.29, 1.82) is 0 Å². The second-order valence-corrected chi connectivity index (χ2v) is 5.07. The zero-order valence-electron chi connectivity index (χ0n) is 11.1. The zero-order chi connectivity index (χ0) is 14.5. The average Bonchev–Trinajstić information content (AvgIpc) is 2.28. The number of aromatic nitrogens is 1. The van der Waals surface area contributed by atoms with Gasteiger partial charge in [0, 0.05) is 18.3 Å². The van der Waals surface area contributed by atoms with Crippen molar-refractivity contribution in [3.63, 3.8) is 0 Å². The van der Waals surface area contributed by atoms with Gasteiger partial charge in [-0.05, 0) is 32.2 Å². The van der Waals surface area contributed by atoms with Crippen LogP contribution in [0.15, 0.2) is 12.1 Å². The lowest BCUT2D eigenvalue weighted by Gasteiger charge is -2.16. The highest BCUT2D eigenvalue weighted by molar-refractivity contribution is 7.98. The molecule has 0 aliphatic rings. The van der Waals surface area contributed by atoms with E-state index >= 15 is 0 Å². The van der Waals surface area contributed by atoms with Crippen LogP contribution in [0.1, 0.15) is 19.4 Å². The Kier molecular flexibility index (Phi) is 5.78. The fourth-order valence-corrected chi connectivity index (χ4v) is 2.17. The van der Waals surface area contributed by atoms with Gasteiger partial charge in [0.2, 0.25) is 0 Å². The molecule has 0 bridgehead atoms. The molecule has 0 fully saturated rings. The molecule has 0 aliphatic carbocycles. The van der Waals surface area contributed by atoms with Gasteiger partial charge in [-0.15, -0.1) is 0 Å². The fourth-order valence-electron chi connectivity index (χ4n) is 1.58. The van der Waals surface area contributed by atoms with Gasteiger partial charge < -0.3 is 10.6 Å². The van der Waals surface area contributed by atoms with Crippen molar-refractivity contribution in [1.82, 2.24) is 4.98 Å². The van der Waals surface area contributed by atoms with Gasteiger partial charge in [-0.1, -0.05) is 0 Å². The van der Waals surface area contributed by atoms with E-state index in [9.17, 15) is 13.2 Å². The number of rotatable bonds is 6. The molecule has 1 atom stereocenters. The standard InChI is InChI=1S/C12H18F3N3S/c1-4-16-10-5-9(12(13,14)15)6-11(18-10)17-8(2)7-19-3/h5-6,8H,4,7H2,1-3H3,(H2,16,17,18). The first kappa shape index (κ1) is 15.9. The fraction of sp³-hybridized carbons (Fsp3) is 0.583. The van der Waals surface area contributed by atoms with Crippen molar-refractivity contribution in [3.8, 4) is 0 Å². The first-order valence-electron chi connectivity index (χ1n) is 5.95. The molecule has 0 aromatic carbocycles. The van der Waals surface area contributed by atoms with Crippen LogP contribution in [0.4, 0.5) is 24.8 Å². The lowest BCUT2D eigenvalue weighted by molar-refractivity contribution is -0.137. The van der Waals surface area contributed by atoms with Crippen molar-refractivity contribution >= 4 is 23.4 Å². The third-order valence-electron chi connectivity index (χ3n) is 2.32. The van der Waals surface area contributed by atoms with Gasteiger partial charge >= 0.3 is 6.18 Å². The largest absolute Gasteiger partial charge is 0.416 e. The molecule has 2 N–H and O–H groups in total. The third kappa shape index (κ3) is 5.18. The van der Waals surface area contributed by atoms with Crippen LogP contribution in [0.2, 0.25) is 0 Å². The molecule has 1 aromatic heterocycles. The van der Waals surface area contributed by atoms with Gasteiger partial charge in [-0.3, -0.25) is 0 Å². The lowest BCUT2D eigenvalue weighted by Crippen LogP contribution is -2.20. The summed E-state index contributed by atoms with van der Waals surface area (Å²) in [5.74, 6) is 1.28. The predicted octanol–water partition coefficient (Wildman–Crippen LogP) is 3.70. The molecule has 0 saturated carbocycles. The van der Waals surface area contributed by atoms with Crippen molar-refractivity contribution in [3.05, 3.63) is 17.7 Å². The lowest BCUT2D eigenvalue weighted by atomic mass is 10.2. The maximum absolute atomic E-state index is 12.8. The van der Waals surface area contributed by atoms with Crippen LogP contribution in [0.3, 0.4) is 0 Å². The normalized spacial score (nSPS) is 13.2. The highest BCUT2D eigenvalue weighted by Gasteiger charge is 2.31. The van der Waals surface area contributed by atoms with Gasteiger partial charge in [0.1, 0.15) is 11.6 Å². The van der Waals surface area contributed by atoms with Crippen LogP contribution < -0.4 is 10.6 Å². The Labute approximate surface area is 115 Å². The van der Waals surface area contributed by atoms with E-state index in [0.29, 0.717) is 6.54 Å². The summed E-state index contributed by atoms with van der Waals surface area (Å²) in [5.41, 5.74) is -0.697. The first-order chi connectivity index (χ1) is 8.86. The number of hydrogen-bond donors (Lipinski definition) is 2. The van der Waals surface area contributed by atoms with Gasteiger partial charge in [0.15, 0.2) is 0 Å². The highest BCUT2D eigenvalue weighted by Crippen LogP contribution is 2.32. The average molecular weight is 293 g/mol. The predicted molar refractivity (Wildman–Crippen MR) is 74.9 cm³/mol. The van der Waals surface area contributed by atoms with E-state index in [1.165, 1.54) is 0 Å². The van der Waals surface area contributed by atoms with E-state index < -0.39 is 11.7 Å². The number of nitrogens with one attached hydrogen (secondary N) is 2. The van der Waals surface area contributed by atoms with Crippen LogP contribution in [-0.2, 0) is 6.18 Å². The number of halogens is 3. The Morgan fingerprint density at radius 2 is 1.95 bits per heavy atom. The number of nitrogens with zero attached hydrogens (tertiary/aromatic N) is 1. The zero-order valence-corrected chi connectivity index (χ0v) is 12.0. The van der Waals surface area contributed by atoms with E-state index in [1.54, 1.807) is 11.8 Å². The molecule has 1 heterocycles. The van der Waals surface area contributed by atoms with Crippen molar-refractivity contribution < 1.29 is 13.2 Å². The Morgan fingerprint density at radius 3 is 2.47 bits per heavy atom. The molecule has 0 aliphatic heterocycles. The Morgan fingerprint density at radius 1 is 1.32 bits per heavy atom. The van der Waals surface area contributed by atoms with Gasteiger partial charge in [-0.25, -0.2) is 4.98 Å². The smallest absolute Gasteiger partial charge is 0.370 e. The third-order valence-corrected chi connectivity index (χ3v) is 3.15. The first-order valence-corrected chi connectivity index (χ1v) is 7.34. The summed E-state index contributed by atoms with van der Waals surface area (Å²) >= 11 is 1.63. The molecular weight excluding hydrogens is 275 g/mol. The SMILES string of the molecule is CCNc1cc(C(F)(F)F)cc(NC(C)CSC)n1. The highest BCUT2D eigenvalue weighted by atomic mass is 32.2. The summed E-state index contributed by atoms with van der Waals surface area (Å²) in [4.78, 5) is 4.13. The van der Waals surface area contributed by atoms with Crippen molar-refractivity contribution in [2.45, 2.75) is 26.1 Å². The van der Waals surface area contributed by atoms with Crippen LogP contribution in [0, 0.1) is 0 Å².